The summed E-state index contributed by atoms with van der Waals surface area (Å²) < 4.78 is 0. The third kappa shape index (κ3) is 5.90. The lowest BCUT2D eigenvalue weighted by molar-refractivity contribution is -0.122. The molecule has 0 bridgehead atoms. The number of carbonyl (C=O) groups is 2. The Balaban J connectivity index is 1.67. The second-order valence-corrected chi connectivity index (χ2v) is 6.04. The molecule has 0 atom stereocenters. The van der Waals surface area contributed by atoms with Gasteiger partial charge in [0.25, 0.3) is 0 Å². The fraction of sp³-hybridized carbons (Fsp3) is 0.529. The zero-order valence-electron chi connectivity index (χ0n) is 13.9. The first kappa shape index (κ1) is 17.3. The van der Waals surface area contributed by atoms with Gasteiger partial charge in [0.15, 0.2) is 0 Å². The first-order valence-corrected chi connectivity index (χ1v) is 8.09. The molecule has 6 heteroatoms. The van der Waals surface area contributed by atoms with E-state index in [0.717, 1.165) is 31.5 Å². The number of urea groups is 1. The Kier molecular flexibility index (Phi) is 6.40. The molecule has 1 aromatic carbocycles. The van der Waals surface area contributed by atoms with Gasteiger partial charge in [-0.05, 0) is 25.3 Å². The summed E-state index contributed by atoms with van der Waals surface area (Å²) in [5.74, 6) is 0.0345. The van der Waals surface area contributed by atoms with Crippen molar-refractivity contribution < 1.29 is 9.59 Å². The molecule has 0 radical (unpaired) electrons. The molecule has 1 aliphatic rings. The van der Waals surface area contributed by atoms with E-state index in [2.05, 4.69) is 26.9 Å². The largest absolute Gasteiger partial charge is 0.358 e. The molecule has 1 saturated heterocycles. The van der Waals surface area contributed by atoms with Crippen molar-refractivity contribution >= 4 is 11.9 Å². The number of nitrogens with zero attached hydrogens (tertiary/aromatic N) is 1. The van der Waals surface area contributed by atoms with Crippen LogP contribution in [0.5, 0.6) is 0 Å². The normalized spacial score (nSPS) is 15.9. The highest BCUT2D eigenvalue weighted by Gasteiger charge is 2.21. The van der Waals surface area contributed by atoms with Crippen molar-refractivity contribution in [2.75, 3.05) is 26.7 Å². The number of hydrogen-bond donors (Lipinski definition) is 3. The number of nitrogens with one attached hydrogen (secondary N) is 3. The summed E-state index contributed by atoms with van der Waals surface area (Å²) in [5.41, 5.74) is 2.29. The molecule has 1 fully saturated rings. The molecular formula is C17H26N4O2. The fourth-order valence-electron chi connectivity index (χ4n) is 2.76. The van der Waals surface area contributed by atoms with Crippen molar-refractivity contribution in [2.45, 2.75) is 32.4 Å². The van der Waals surface area contributed by atoms with Gasteiger partial charge < -0.3 is 16.0 Å². The average Bonchev–Trinajstić information content (AvgIpc) is 2.55. The standard InChI is InChI=1S/C17H26N4O2/c1-13-4-3-5-14(10-13)11-19-17(23)20-15-6-8-21(9-7-15)12-16(22)18-2/h3-5,10,15H,6-9,11-12H2,1-2H3,(H,18,22)(H2,19,20,23). The molecule has 1 aliphatic heterocycles. The summed E-state index contributed by atoms with van der Waals surface area (Å²) in [6.45, 7) is 4.66. The summed E-state index contributed by atoms with van der Waals surface area (Å²) in [6, 6.07) is 8.15. The molecule has 0 saturated carbocycles. The smallest absolute Gasteiger partial charge is 0.315 e. The van der Waals surface area contributed by atoms with Gasteiger partial charge in [0.1, 0.15) is 0 Å². The van der Waals surface area contributed by atoms with Crippen molar-refractivity contribution in [1.29, 1.82) is 0 Å². The lowest BCUT2D eigenvalue weighted by atomic mass is 10.1. The van der Waals surface area contributed by atoms with Crippen molar-refractivity contribution in [3.63, 3.8) is 0 Å². The van der Waals surface area contributed by atoms with E-state index in [1.807, 2.05) is 25.1 Å². The molecule has 1 aromatic rings. The Morgan fingerprint density at radius 1 is 1.26 bits per heavy atom. The minimum atomic E-state index is -0.128. The zero-order valence-corrected chi connectivity index (χ0v) is 13.9. The van der Waals surface area contributed by atoms with Crippen molar-refractivity contribution in [3.05, 3.63) is 35.4 Å². The van der Waals surface area contributed by atoms with E-state index in [-0.39, 0.29) is 18.0 Å². The van der Waals surface area contributed by atoms with E-state index >= 15 is 0 Å². The van der Waals surface area contributed by atoms with Crippen LogP contribution in [0.4, 0.5) is 4.79 Å². The summed E-state index contributed by atoms with van der Waals surface area (Å²) in [7, 11) is 1.65. The molecule has 0 aromatic heterocycles. The van der Waals surface area contributed by atoms with Crippen molar-refractivity contribution in [1.82, 2.24) is 20.9 Å². The molecule has 0 unspecified atom stereocenters. The monoisotopic (exact) mass is 318 g/mol. The zero-order chi connectivity index (χ0) is 16.7. The third-order valence-corrected chi connectivity index (χ3v) is 4.10. The van der Waals surface area contributed by atoms with Crippen LogP contribution in [0.15, 0.2) is 24.3 Å². The molecule has 126 valence electrons. The van der Waals surface area contributed by atoms with Crippen LogP contribution < -0.4 is 16.0 Å². The van der Waals surface area contributed by atoms with E-state index in [4.69, 9.17) is 0 Å². The molecule has 2 rings (SSSR count). The second-order valence-electron chi connectivity index (χ2n) is 6.04. The second kappa shape index (κ2) is 8.53. The van der Waals surface area contributed by atoms with Gasteiger partial charge in [-0.3, -0.25) is 9.69 Å². The number of likely N-dealkylation sites (tertiary alicyclic amines) is 1. The van der Waals surface area contributed by atoms with Crippen molar-refractivity contribution in [2.24, 2.45) is 0 Å². The van der Waals surface area contributed by atoms with Crippen LogP contribution in [-0.4, -0.2) is 49.6 Å². The predicted octanol–water partition coefficient (Wildman–Crippen LogP) is 1.00. The maximum absolute atomic E-state index is 12.0. The molecular weight excluding hydrogens is 292 g/mol. The van der Waals surface area contributed by atoms with Crippen molar-refractivity contribution in [3.8, 4) is 0 Å². The molecule has 3 N–H and O–H groups in total. The molecule has 3 amide bonds. The number of aryl methyl sites for hydroxylation is 1. The molecule has 6 nitrogen and oxygen atoms in total. The van der Waals surface area contributed by atoms with E-state index < -0.39 is 0 Å². The lowest BCUT2D eigenvalue weighted by Crippen LogP contribution is -2.49. The van der Waals surface area contributed by atoms with Gasteiger partial charge in [-0.15, -0.1) is 0 Å². The van der Waals surface area contributed by atoms with Gasteiger partial charge in [0.05, 0.1) is 6.54 Å². The van der Waals surface area contributed by atoms with Gasteiger partial charge in [-0.25, -0.2) is 4.79 Å². The number of hydrogen-bond acceptors (Lipinski definition) is 3. The van der Waals surface area contributed by atoms with Gasteiger partial charge in [0.2, 0.25) is 5.91 Å². The summed E-state index contributed by atoms with van der Waals surface area (Å²) >= 11 is 0. The van der Waals surface area contributed by atoms with E-state index in [1.165, 1.54) is 5.56 Å². The topological polar surface area (TPSA) is 73.5 Å². The Morgan fingerprint density at radius 2 is 2.00 bits per heavy atom. The highest BCUT2D eigenvalue weighted by molar-refractivity contribution is 5.77. The van der Waals surface area contributed by atoms with E-state index in [1.54, 1.807) is 7.05 Å². The van der Waals surface area contributed by atoms with Crippen LogP contribution in [0.3, 0.4) is 0 Å². The molecule has 23 heavy (non-hydrogen) atoms. The minimum absolute atomic E-state index is 0.0345. The molecule has 1 heterocycles. The summed E-state index contributed by atoms with van der Waals surface area (Å²) in [4.78, 5) is 25.4. The van der Waals surface area contributed by atoms with Crippen LogP contribution in [0.2, 0.25) is 0 Å². The first-order chi connectivity index (χ1) is 11.1. The van der Waals surface area contributed by atoms with Gasteiger partial charge >= 0.3 is 6.03 Å². The molecule has 0 spiro atoms. The van der Waals surface area contributed by atoms with Crippen LogP contribution in [0.1, 0.15) is 24.0 Å². The number of benzene rings is 1. The predicted molar refractivity (Wildman–Crippen MR) is 90.1 cm³/mol. The highest BCUT2D eigenvalue weighted by atomic mass is 16.2. The third-order valence-electron chi connectivity index (χ3n) is 4.10. The summed E-state index contributed by atoms with van der Waals surface area (Å²) in [6.07, 6.45) is 1.74. The van der Waals surface area contributed by atoms with Gasteiger partial charge in [0, 0.05) is 32.7 Å². The van der Waals surface area contributed by atoms with Gasteiger partial charge in [-0.1, -0.05) is 29.8 Å². The maximum Gasteiger partial charge on any atom is 0.315 e. The van der Waals surface area contributed by atoms with Crippen LogP contribution in [0.25, 0.3) is 0 Å². The van der Waals surface area contributed by atoms with Crippen LogP contribution >= 0.6 is 0 Å². The number of amides is 3. The minimum Gasteiger partial charge on any atom is -0.358 e. The Hall–Kier alpha value is -2.08. The Labute approximate surface area is 137 Å². The van der Waals surface area contributed by atoms with Crippen LogP contribution in [-0.2, 0) is 11.3 Å². The number of likely N-dealkylation sites (N-methyl/N-ethyl adjacent to an activating group) is 1. The van der Waals surface area contributed by atoms with Crippen LogP contribution in [0, 0.1) is 6.92 Å². The summed E-state index contributed by atoms with van der Waals surface area (Å²) in [5, 5.41) is 8.54. The fourth-order valence-corrected chi connectivity index (χ4v) is 2.76. The average molecular weight is 318 g/mol. The SMILES string of the molecule is CNC(=O)CN1CCC(NC(=O)NCc2cccc(C)c2)CC1. The number of carbonyl (C=O) groups excluding carboxylic acids is 2. The first-order valence-electron chi connectivity index (χ1n) is 8.09. The van der Waals surface area contributed by atoms with E-state index in [0.29, 0.717) is 13.1 Å². The lowest BCUT2D eigenvalue weighted by Gasteiger charge is -2.31. The van der Waals surface area contributed by atoms with E-state index in [9.17, 15) is 9.59 Å². The Bertz CT molecular complexity index is 539. The number of rotatable bonds is 5. The maximum atomic E-state index is 12.0. The van der Waals surface area contributed by atoms with Gasteiger partial charge in [-0.2, -0.15) is 0 Å². The molecule has 0 aliphatic carbocycles. The number of piperidine rings is 1. The Morgan fingerprint density at radius 3 is 2.65 bits per heavy atom. The quantitative estimate of drug-likeness (QED) is 0.758. The highest BCUT2D eigenvalue weighted by Crippen LogP contribution is 2.10.